The minimum atomic E-state index is -0.827. The van der Waals surface area contributed by atoms with Gasteiger partial charge in [0, 0.05) is 19.1 Å². The lowest BCUT2D eigenvalue weighted by Crippen LogP contribution is -2.44. The van der Waals surface area contributed by atoms with E-state index in [4.69, 9.17) is 9.47 Å². The summed E-state index contributed by atoms with van der Waals surface area (Å²) in [6.07, 6.45) is 6.09. The van der Waals surface area contributed by atoms with Gasteiger partial charge in [0.25, 0.3) is 0 Å². The highest BCUT2D eigenvalue weighted by Gasteiger charge is 2.28. The van der Waals surface area contributed by atoms with Gasteiger partial charge < -0.3 is 14.6 Å². The summed E-state index contributed by atoms with van der Waals surface area (Å²) in [6.45, 7) is 9.64. The molecular formula is C42H48F2N2O4. The summed E-state index contributed by atoms with van der Waals surface area (Å²) in [4.78, 5) is 16.0. The molecule has 0 amide bonds. The number of piperidine rings is 2. The Labute approximate surface area is 294 Å². The van der Waals surface area contributed by atoms with Crippen molar-refractivity contribution in [2.24, 2.45) is 0 Å². The van der Waals surface area contributed by atoms with E-state index >= 15 is 8.78 Å². The molecule has 6 rings (SSSR count). The van der Waals surface area contributed by atoms with Gasteiger partial charge in [-0.2, -0.15) is 0 Å². The van der Waals surface area contributed by atoms with E-state index in [1.807, 2.05) is 48.2 Å². The summed E-state index contributed by atoms with van der Waals surface area (Å²) in [5.41, 5.74) is 7.75. The van der Waals surface area contributed by atoms with E-state index in [0.29, 0.717) is 25.6 Å². The Kier molecular flexibility index (Phi) is 11.5. The van der Waals surface area contributed by atoms with Crippen LogP contribution in [0.2, 0.25) is 0 Å². The Morgan fingerprint density at radius 3 is 1.72 bits per heavy atom. The van der Waals surface area contributed by atoms with E-state index in [9.17, 15) is 9.90 Å². The molecule has 2 atom stereocenters. The van der Waals surface area contributed by atoms with Crippen molar-refractivity contribution in [3.63, 3.8) is 0 Å². The number of ether oxygens (including phenoxy) is 2. The van der Waals surface area contributed by atoms with E-state index in [1.54, 1.807) is 18.2 Å². The highest BCUT2D eigenvalue weighted by Crippen LogP contribution is 2.32. The number of carbonyl (C=O) groups is 1. The van der Waals surface area contributed by atoms with Crippen LogP contribution in [0.3, 0.4) is 0 Å². The summed E-state index contributed by atoms with van der Waals surface area (Å²) in [5.74, 6) is -1.23. The summed E-state index contributed by atoms with van der Waals surface area (Å²) in [7, 11) is 0. The predicted octanol–water partition coefficient (Wildman–Crippen LogP) is 9.22. The van der Waals surface area contributed by atoms with Gasteiger partial charge in [0.1, 0.15) is 19.3 Å². The van der Waals surface area contributed by atoms with Gasteiger partial charge in [0.05, 0.1) is 0 Å². The highest BCUT2D eigenvalue weighted by atomic mass is 19.1. The zero-order valence-corrected chi connectivity index (χ0v) is 29.4. The van der Waals surface area contributed by atoms with Crippen LogP contribution < -0.4 is 9.47 Å². The molecule has 2 heterocycles. The second-order valence-corrected chi connectivity index (χ2v) is 13.9. The molecule has 2 aliphatic rings. The molecule has 264 valence electrons. The Hall–Kier alpha value is -4.27. The molecule has 2 fully saturated rings. The van der Waals surface area contributed by atoms with Gasteiger partial charge in [-0.1, -0.05) is 61.4 Å². The summed E-state index contributed by atoms with van der Waals surface area (Å²) in [5, 5.41) is 9.58. The molecule has 8 heteroatoms. The number of halogens is 2. The summed E-state index contributed by atoms with van der Waals surface area (Å²) in [6, 6.07) is 22.2. The Bertz CT molecular complexity index is 1810. The second kappa shape index (κ2) is 16.2. The minimum absolute atomic E-state index is 0.156. The molecule has 0 aliphatic carbocycles. The average Bonchev–Trinajstić information content (AvgIpc) is 3.10. The van der Waals surface area contributed by atoms with E-state index in [0.717, 1.165) is 70.4 Å². The first-order valence-electron chi connectivity index (χ1n) is 17.9. The van der Waals surface area contributed by atoms with Crippen LogP contribution in [0.25, 0.3) is 11.1 Å². The van der Waals surface area contributed by atoms with Crippen LogP contribution in [-0.2, 0) is 31.1 Å². The lowest BCUT2D eigenvalue weighted by molar-refractivity contribution is -0.144. The van der Waals surface area contributed by atoms with Crippen molar-refractivity contribution in [2.75, 3.05) is 13.1 Å². The van der Waals surface area contributed by atoms with E-state index in [2.05, 4.69) is 30.9 Å². The van der Waals surface area contributed by atoms with Crippen LogP contribution in [0.4, 0.5) is 8.78 Å². The van der Waals surface area contributed by atoms with Gasteiger partial charge in [-0.15, -0.1) is 0 Å². The Morgan fingerprint density at radius 1 is 0.720 bits per heavy atom. The number of carboxylic acids is 1. The molecule has 0 spiro atoms. The van der Waals surface area contributed by atoms with Crippen LogP contribution in [0.5, 0.6) is 11.5 Å². The molecule has 0 radical (unpaired) electrons. The first kappa shape index (κ1) is 35.6. The number of carboxylic acid groups (broad SMARTS) is 1. The lowest BCUT2D eigenvalue weighted by atomic mass is 9.92. The van der Waals surface area contributed by atoms with Crippen molar-refractivity contribution < 1.29 is 28.2 Å². The van der Waals surface area contributed by atoms with E-state index in [1.165, 1.54) is 25.3 Å². The van der Waals surface area contributed by atoms with Crippen LogP contribution in [0, 0.1) is 25.5 Å². The van der Waals surface area contributed by atoms with Crippen molar-refractivity contribution in [2.45, 2.75) is 97.7 Å². The molecule has 4 aromatic carbocycles. The summed E-state index contributed by atoms with van der Waals surface area (Å²) < 4.78 is 42.3. The third-order valence-electron chi connectivity index (χ3n) is 10.6. The SMILES string of the molecule is Cc1c(COc2ccc(CN3CCCC[C@H]3C)cc2F)cccc1-c1cccc(COc2ccc(CN3CCCC[C@H]3C(=O)O)cc2F)c1C. The van der Waals surface area contributed by atoms with Gasteiger partial charge >= 0.3 is 5.97 Å². The van der Waals surface area contributed by atoms with Crippen LogP contribution in [0.1, 0.15) is 78.8 Å². The van der Waals surface area contributed by atoms with Crippen LogP contribution in [0.15, 0.2) is 72.8 Å². The normalized spacial score (nSPS) is 18.6. The molecule has 2 aliphatic heterocycles. The maximum atomic E-state index is 15.2. The van der Waals surface area contributed by atoms with Gasteiger partial charge in [0.15, 0.2) is 23.1 Å². The average molecular weight is 683 g/mol. The summed E-state index contributed by atoms with van der Waals surface area (Å²) >= 11 is 0. The van der Waals surface area contributed by atoms with E-state index < -0.39 is 17.8 Å². The number of likely N-dealkylation sites (tertiary alicyclic amines) is 2. The van der Waals surface area contributed by atoms with Gasteiger partial charge in [-0.3, -0.25) is 14.6 Å². The molecule has 0 saturated carbocycles. The van der Waals surface area contributed by atoms with Gasteiger partial charge in [-0.05, 0) is 128 Å². The van der Waals surface area contributed by atoms with Gasteiger partial charge in [-0.25, -0.2) is 8.78 Å². The van der Waals surface area contributed by atoms with Crippen LogP contribution >= 0.6 is 0 Å². The first-order valence-corrected chi connectivity index (χ1v) is 17.9. The molecule has 0 bridgehead atoms. The molecule has 4 aromatic rings. The lowest BCUT2D eigenvalue weighted by Gasteiger charge is -2.33. The number of nitrogens with zero attached hydrogens (tertiary/aromatic N) is 2. The standard InChI is InChI=1S/C42H48F2N2O4/c1-28-10-4-6-20-45(28)24-31-16-18-40(37(43)22-31)49-26-33-11-8-13-35(29(33)2)36-14-9-12-34(30(36)3)27-50-41-19-17-32(23-38(41)44)25-46-21-7-5-15-39(46)42(47)48/h8-9,11-14,16-19,22-23,28,39H,4-7,10,15,20-21,24-27H2,1-3H3,(H,47,48)/t28-,39+/m1/s1. The molecule has 0 unspecified atom stereocenters. The van der Waals surface area contributed by atoms with Crippen molar-refractivity contribution >= 4 is 5.97 Å². The zero-order valence-electron chi connectivity index (χ0n) is 29.4. The monoisotopic (exact) mass is 682 g/mol. The fourth-order valence-electron chi connectivity index (χ4n) is 7.42. The fourth-order valence-corrected chi connectivity index (χ4v) is 7.42. The molecule has 2 saturated heterocycles. The minimum Gasteiger partial charge on any atom is -0.486 e. The molecule has 1 N–H and O–H groups in total. The molecule has 6 nitrogen and oxygen atoms in total. The van der Waals surface area contributed by atoms with Crippen molar-refractivity contribution in [3.8, 4) is 22.6 Å². The number of benzene rings is 4. The third kappa shape index (κ3) is 8.36. The van der Waals surface area contributed by atoms with Crippen LogP contribution in [-0.4, -0.2) is 46.0 Å². The third-order valence-corrected chi connectivity index (χ3v) is 10.6. The number of hydrogen-bond donors (Lipinski definition) is 1. The zero-order chi connectivity index (χ0) is 35.2. The predicted molar refractivity (Wildman–Crippen MR) is 192 cm³/mol. The Balaban J connectivity index is 1.10. The molecular weight excluding hydrogens is 634 g/mol. The largest absolute Gasteiger partial charge is 0.486 e. The number of rotatable bonds is 12. The highest BCUT2D eigenvalue weighted by molar-refractivity contribution is 5.74. The first-order chi connectivity index (χ1) is 24.2. The topological polar surface area (TPSA) is 62.2 Å². The van der Waals surface area contributed by atoms with Crippen molar-refractivity contribution in [1.82, 2.24) is 9.80 Å². The smallest absolute Gasteiger partial charge is 0.320 e. The quantitative estimate of drug-likeness (QED) is 0.161. The van der Waals surface area contributed by atoms with Gasteiger partial charge in [0.2, 0.25) is 0 Å². The van der Waals surface area contributed by atoms with E-state index in [-0.39, 0.29) is 30.5 Å². The fraction of sp³-hybridized carbons (Fsp3) is 0.405. The Morgan fingerprint density at radius 2 is 1.22 bits per heavy atom. The maximum Gasteiger partial charge on any atom is 0.320 e. The maximum absolute atomic E-state index is 15.2. The van der Waals surface area contributed by atoms with Crippen molar-refractivity contribution in [3.05, 3.63) is 118 Å². The van der Waals surface area contributed by atoms with Crippen molar-refractivity contribution in [1.29, 1.82) is 0 Å². The number of aliphatic carboxylic acids is 1. The molecule has 50 heavy (non-hydrogen) atoms. The number of hydrogen-bond acceptors (Lipinski definition) is 5. The second-order valence-electron chi connectivity index (χ2n) is 13.9. The molecule has 0 aromatic heterocycles.